The second kappa shape index (κ2) is 18.4. The van der Waals surface area contributed by atoms with Crippen molar-refractivity contribution in [1.82, 2.24) is 0 Å². The molecule has 0 spiro atoms. The molecule has 3 heterocycles. The first-order chi connectivity index (χ1) is 22.2. The normalized spacial score (nSPS) is 25.1. The van der Waals surface area contributed by atoms with Crippen LogP contribution in [0.5, 0.6) is 0 Å². The summed E-state index contributed by atoms with van der Waals surface area (Å²) < 4.78 is 63.4. The van der Waals surface area contributed by atoms with Gasteiger partial charge >= 0.3 is 17.4 Å². The van der Waals surface area contributed by atoms with E-state index in [0.29, 0.717) is 43.7 Å². The van der Waals surface area contributed by atoms with Crippen LogP contribution in [0.15, 0.2) is 0 Å². The van der Waals surface area contributed by atoms with Gasteiger partial charge in [0, 0.05) is 25.4 Å². The van der Waals surface area contributed by atoms with Gasteiger partial charge in [-0.1, -0.05) is 19.3 Å². The molecular weight excluding hydrogens is 685 g/mol. The zero-order chi connectivity index (χ0) is 34.0. The molecule has 1 saturated carbocycles. The van der Waals surface area contributed by atoms with Gasteiger partial charge in [0.15, 0.2) is 25.0 Å². The van der Waals surface area contributed by atoms with Gasteiger partial charge in [-0.05, 0) is 103 Å². The fourth-order valence-corrected chi connectivity index (χ4v) is 30.4. The number of rotatable bonds is 27. The van der Waals surface area contributed by atoms with E-state index in [4.69, 9.17) is 44.9 Å². The van der Waals surface area contributed by atoms with Crippen LogP contribution < -0.4 is 0 Å². The molecule has 47 heavy (non-hydrogen) atoms. The van der Waals surface area contributed by atoms with Crippen molar-refractivity contribution in [3.63, 3.8) is 0 Å². The van der Waals surface area contributed by atoms with Crippen molar-refractivity contribution in [2.45, 2.75) is 146 Å². The van der Waals surface area contributed by atoms with E-state index in [2.05, 4.69) is 52.4 Å². The lowest BCUT2D eigenvalue weighted by Gasteiger charge is -2.49. The van der Waals surface area contributed by atoms with E-state index in [9.17, 15) is 0 Å². The Morgan fingerprint density at radius 2 is 0.851 bits per heavy atom. The molecule has 0 radical (unpaired) electrons. The lowest BCUT2D eigenvalue weighted by Crippen LogP contribution is -2.66. The molecule has 0 bridgehead atoms. The molecule has 4 fully saturated rings. The van der Waals surface area contributed by atoms with E-state index in [1.807, 2.05) is 0 Å². The first-order valence-electron chi connectivity index (χ1n) is 18.6. The molecule has 0 amide bonds. The van der Waals surface area contributed by atoms with Crippen molar-refractivity contribution in [3.05, 3.63) is 0 Å². The van der Waals surface area contributed by atoms with Crippen molar-refractivity contribution in [2.75, 3.05) is 59.5 Å². The van der Waals surface area contributed by atoms with Crippen LogP contribution in [-0.4, -0.2) is 120 Å². The average molecular weight is 753 g/mol. The van der Waals surface area contributed by atoms with Gasteiger partial charge in [0.05, 0.1) is 39.6 Å². The second-order valence-electron chi connectivity index (χ2n) is 16.4. The van der Waals surface area contributed by atoms with E-state index in [1.54, 1.807) is 0 Å². The maximum Gasteiger partial charge on any atom is 0.474 e. The summed E-state index contributed by atoms with van der Waals surface area (Å²) in [4.78, 5) is 0. The standard InChI is InChI=1S/C32H68O10Si5/c1-43(2,20-12-17-33-23-29-26-36-29)39-46(7,8)42-47(32-15-10-9-11-16-32,40-44(3,4)21-13-18-34-24-30-27-37-30)41-45(5,6)22-14-19-35-25-31-28-38-31/h29-32H,9-28H2,1-8H3. The van der Waals surface area contributed by atoms with Crippen molar-refractivity contribution < 1.29 is 44.9 Å². The molecule has 3 atom stereocenters. The molecule has 0 N–H and O–H groups in total. The zero-order valence-corrected chi connectivity index (χ0v) is 36.0. The Labute approximate surface area is 291 Å². The third kappa shape index (κ3) is 16.7. The highest BCUT2D eigenvalue weighted by Gasteiger charge is 2.58. The molecule has 10 nitrogen and oxygen atoms in total. The summed E-state index contributed by atoms with van der Waals surface area (Å²) in [5.74, 6) is 0. The first-order valence-corrected chi connectivity index (χ1v) is 32.5. The van der Waals surface area contributed by atoms with E-state index >= 15 is 0 Å². The quantitative estimate of drug-likeness (QED) is 0.0493. The Kier molecular flexibility index (Phi) is 15.9. The van der Waals surface area contributed by atoms with Crippen molar-refractivity contribution in [2.24, 2.45) is 0 Å². The lowest BCUT2D eigenvalue weighted by atomic mass is 10.0. The highest BCUT2D eigenvalue weighted by atomic mass is 28.5. The maximum atomic E-state index is 7.58. The third-order valence-corrected chi connectivity index (χ3v) is 29.4. The van der Waals surface area contributed by atoms with Gasteiger partial charge in [-0.15, -0.1) is 0 Å². The SMILES string of the molecule is C[Si](C)(CCCOCC1CO1)O[Si](C)(C)O[Si](O[Si](C)(C)CCCOCC1CO1)(O[Si](C)(C)CCCOCC1CO1)C1CCCCC1. The molecule has 4 rings (SSSR count). The Morgan fingerprint density at radius 3 is 1.21 bits per heavy atom. The topological polar surface area (TPSA) is 102 Å². The minimum Gasteiger partial charge on any atom is -0.436 e. The van der Waals surface area contributed by atoms with E-state index in [1.165, 1.54) is 19.3 Å². The summed E-state index contributed by atoms with van der Waals surface area (Å²) >= 11 is 0. The monoisotopic (exact) mass is 752 g/mol. The van der Waals surface area contributed by atoms with Gasteiger partial charge in [0.2, 0.25) is 0 Å². The highest BCUT2D eigenvalue weighted by Crippen LogP contribution is 2.44. The Morgan fingerprint density at radius 1 is 0.489 bits per heavy atom. The third-order valence-electron chi connectivity index (χ3n) is 9.17. The van der Waals surface area contributed by atoms with Gasteiger partial charge < -0.3 is 44.9 Å². The van der Waals surface area contributed by atoms with Crippen LogP contribution in [0.25, 0.3) is 0 Å². The first kappa shape index (κ1) is 40.5. The molecule has 4 aliphatic rings. The summed E-state index contributed by atoms with van der Waals surface area (Å²) in [6.07, 6.45) is 9.80. The molecule has 276 valence electrons. The lowest BCUT2D eigenvalue weighted by molar-refractivity contribution is 0.115. The second-order valence-corrected chi connectivity index (χ2v) is 36.6. The smallest absolute Gasteiger partial charge is 0.436 e. The van der Waals surface area contributed by atoms with E-state index in [0.717, 1.165) is 89.9 Å². The van der Waals surface area contributed by atoms with Crippen LogP contribution in [0.2, 0.25) is 76.0 Å². The molecular formula is C32H68O10Si5. The molecule has 3 saturated heterocycles. The maximum absolute atomic E-state index is 7.58. The number of epoxide rings is 3. The molecule has 0 aromatic heterocycles. The van der Waals surface area contributed by atoms with Gasteiger partial charge in [-0.25, -0.2) is 0 Å². The predicted octanol–water partition coefficient (Wildman–Crippen LogP) is 7.06. The van der Waals surface area contributed by atoms with Crippen molar-refractivity contribution in [1.29, 1.82) is 0 Å². The van der Waals surface area contributed by atoms with Crippen LogP contribution in [-0.2, 0) is 44.9 Å². The van der Waals surface area contributed by atoms with Crippen molar-refractivity contribution in [3.8, 4) is 0 Å². The van der Waals surface area contributed by atoms with Crippen LogP contribution >= 0.6 is 0 Å². The fourth-order valence-electron chi connectivity index (χ4n) is 6.66. The Hall–Kier alpha value is 0.684. The number of ether oxygens (including phenoxy) is 6. The zero-order valence-electron chi connectivity index (χ0n) is 31.0. The predicted molar refractivity (Wildman–Crippen MR) is 197 cm³/mol. The summed E-state index contributed by atoms with van der Waals surface area (Å²) in [6, 6.07) is 3.07. The Balaban J connectivity index is 1.45. The number of hydrogen-bond donors (Lipinski definition) is 0. The van der Waals surface area contributed by atoms with Crippen LogP contribution in [0.4, 0.5) is 0 Å². The minimum atomic E-state index is -3.18. The molecule has 3 aliphatic heterocycles. The highest BCUT2D eigenvalue weighted by molar-refractivity contribution is 6.92. The minimum absolute atomic E-state index is 0.300. The number of hydrogen-bond acceptors (Lipinski definition) is 10. The van der Waals surface area contributed by atoms with Gasteiger partial charge in [0.1, 0.15) is 18.3 Å². The Bertz CT molecular complexity index is 873. The summed E-state index contributed by atoms with van der Waals surface area (Å²) in [6.45, 7) is 25.4. The van der Waals surface area contributed by atoms with Crippen LogP contribution in [0, 0.1) is 0 Å². The fraction of sp³-hybridized carbons (Fsp3) is 1.00. The average Bonchev–Trinajstić information content (AvgIpc) is 3.81. The summed E-state index contributed by atoms with van der Waals surface area (Å²) in [5, 5.41) is 0. The van der Waals surface area contributed by atoms with E-state index in [-0.39, 0.29) is 0 Å². The van der Waals surface area contributed by atoms with Crippen molar-refractivity contribution >= 4 is 42.3 Å². The van der Waals surface area contributed by atoms with Gasteiger partial charge in [-0.2, -0.15) is 0 Å². The van der Waals surface area contributed by atoms with Crippen LogP contribution in [0.1, 0.15) is 51.4 Å². The molecule has 15 heteroatoms. The molecule has 3 unspecified atom stereocenters. The van der Waals surface area contributed by atoms with E-state index < -0.39 is 42.3 Å². The van der Waals surface area contributed by atoms with Crippen LogP contribution in [0.3, 0.4) is 0 Å². The summed E-state index contributed by atoms with van der Waals surface area (Å²) in [7, 11) is -12.2. The van der Waals surface area contributed by atoms with Gasteiger partial charge in [-0.3, -0.25) is 0 Å². The largest absolute Gasteiger partial charge is 0.474 e. The molecule has 0 aromatic rings. The van der Waals surface area contributed by atoms with Gasteiger partial charge in [0.25, 0.3) is 0 Å². The summed E-state index contributed by atoms with van der Waals surface area (Å²) in [5.41, 5.74) is 0.319. The molecule has 1 aliphatic carbocycles. The molecule has 0 aromatic carbocycles.